The van der Waals surface area contributed by atoms with Crippen molar-refractivity contribution in [3.8, 4) is 0 Å². The Hall–Kier alpha value is -0.750. The van der Waals surface area contributed by atoms with Gasteiger partial charge in [0, 0.05) is 7.05 Å². The third-order valence-corrected chi connectivity index (χ3v) is 2.03. The van der Waals surface area contributed by atoms with Crippen molar-refractivity contribution in [2.75, 3.05) is 20.6 Å². The van der Waals surface area contributed by atoms with Crippen molar-refractivity contribution < 1.29 is 9.59 Å². The van der Waals surface area contributed by atoms with Gasteiger partial charge in [-0.25, -0.2) is 4.31 Å². The molecule has 0 aromatic heterocycles. The lowest BCUT2D eigenvalue weighted by Gasteiger charge is -2.21. The zero-order chi connectivity index (χ0) is 12.0. The van der Waals surface area contributed by atoms with Crippen LogP contribution in [-0.4, -0.2) is 42.8 Å². The Morgan fingerprint density at radius 3 is 2.27 bits per heavy atom. The summed E-state index contributed by atoms with van der Waals surface area (Å²) in [7, 11) is 3.22. The van der Waals surface area contributed by atoms with Crippen molar-refractivity contribution in [2.45, 2.75) is 19.9 Å². The molecule has 0 spiro atoms. The predicted molar refractivity (Wildman–Crippen MR) is 62.5 cm³/mol. The largest absolute Gasteiger partial charge is 0.357 e. The average molecular weight is 233 g/mol. The average Bonchev–Trinajstić information content (AvgIpc) is 2.11. The lowest BCUT2D eigenvalue weighted by Crippen LogP contribution is -2.50. The van der Waals surface area contributed by atoms with E-state index < -0.39 is 6.04 Å². The molecule has 0 heterocycles. The molecule has 15 heavy (non-hydrogen) atoms. The molecule has 0 aromatic rings. The number of thiol groups is 1. The number of carbonyl (C=O) groups is 2. The normalized spacial score (nSPS) is 12.7. The molecule has 0 saturated heterocycles. The van der Waals surface area contributed by atoms with Crippen LogP contribution in [0.15, 0.2) is 0 Å². The molecule has 1 atom stereocenters. The molecule has 6 heteroatoms. The molecule has 1 unspecified atom stereocenters. The Bertz CT molecular complexity index is 231. The highest BCUT2D eigenvalue weighted by Crippen LogP contribution is 2.01. The van der Waals surface area contributed by atoms with E-state index >= 15 is 0 Å². The molecule has 88 valence electrons. The molecule has 2 amide bonds. The second kappa shape index (κ2) is 6.68. The van der Waals surface area contributed by atoms with Crippen LogP contribution in [0, 0.1) is 5.92 Å². The van der Waals surface area contributed by atoms with Gasteiger partial charge >= 0.3 is 0 Å². The van der Waals surface area contributed by atoms with Crippen LogP contribution in [0.25, 0.3) is 0 Å². The Morgan fingerprint density at radius 1 is 1.40 bits per heavy atom. The highest BCUT2D eigenvalue weighted by Gasteiger charge is 2.22. The monoisotopic (exact) mass is 233 g/mol. The first-order chi connectivity index (χ1) is 6.88. The van der Waals surface area contributed by atoms with Gasteiger partial charge in [0.15, 0.2) is 0 Å². The second-order valence-corrected chi connectivity index (χ2v) is 4.40. The summed E-state index contributed by atoms with van der Waals surface area (Å²) in [4.78, 5) is 22.8. The number of hydrogen-bond acceptors (Lipinski definition) is 4. The molecule has 0 rings (SSSR count). The van der Waals surface area contributed by atoms with Gasteiger partial charge in [0.2, 0.25) is 11.8 Å². The van der Waals surface area contributed by atoms with Crippen molar-refractivity contribution in [1.29, 1.82) is 0 Å². The number of rotatable bonds is 5. The minimum atomic E-state index is -0.490. The van der Waals surface area contributed by atoms with Gasteiger partial charge in [0.1, 0.15) is 6.04 Å². The molecule has 0 aliphatic carbocycles. The van der Waals surface area contributed by atoms with E-state index in [1.54, 1.807) is 14.1 Å². The maximum Gasteiger partial charge on any atom is 0.242 e. The summed E-state index contributed by atoms with van der Waals surface area (Å²) in [6.07, 6.45) is 0. The van der Waals surface area contributed by atoms with Crippen LogP contribution in [0.2, 0.25) is 0 Å². The van der Waals surface area contributed by atoms with E-state index in [-0.39, 0.29) is 24.3 Å². The fourth-order valence-corrected chi connectivity index (χ4v) is 1.25. The number of nitrogens with zero attached hydrogens (tertiary/aromatic N) is 1. The number of likely N-dealkylation sites (N-methyl/N-ethyl adjacent to an activating group) is 2. The Labute approximate surface area is 96.1 Å². The topological polar surface area (TPSA) is 61.4 Å². The first-order valence-electron chi connectivity index (χ1n) is 4.79. The van der Waals surface area contributed by atoms with Gasteiger partial charge in [0.25, 0.3) is 0 Å². The highest BCUT2D eigenvalue weighted by molar-refractivity contribution is 7.77. The maximum atomic E-state index is 11.4. The fraction of sp³-hybridized carbons (Fsp3) is 0.778. The van der Waals surface area contributed by atoms with E-state index in [0.717, 1.165) is 0 Å². The molecule has 0 fully saturated rings. The summed E-state index contributed by atoms with van der Waals surface area (Å²) < 4.78 is 1.45. The lowest BCUT2D eigenvalue weighted by atomic mass is 10.0. The van der Waals surface area contributed by atoms with Crippen molar-refractivity contribution >= 4 is 24.6 Å². The van der Waals surface area contributed by atoms with Crippen LogP contribution in [0.1, 0.15) is 13.8 Å². The Morgan fingerprint density at radius 2 is 1.93 bits per heavy atom. The smallest absolute Gasteiger partial charge is 0.242 e. The number of amides is 2. The van der Waals surface area contributed by atoms with Gasteiger partial charge in [-0.1, -0.05) is 26.7 Å². The van der Waals surface area contributed by atoms with E-state index in [0.29, 0.717) is 0 Å². The zero-order valence-electron chi connectivity index (χ0n) is 9.57. The molecule has 5 nitrogen and oxygen atoms in total. The predicted octanol–water partition coefficient (Wildman–Crippen LogP) is -0.350. The van der Waals surface area contributed by atoms with Gasteiger partial charge in [-0.2, -0.15) is 0 Å². The van der Waals surface area contributed by atoms with Crippen LogP contribution in [0.5, 0.6) is 0 Å². The third kappa shape index (κ3) is 5.64. The van der Waals surface area contributed by atoms with Crippen LogP contribution in [0.4, 0.5) is 0 Å². The summed E-state index contributed by atoms with van der Waals surface area (Å²) in [6, 6.07) is -0.490. The summed E-state index contributed by atoms with van der Waals surface area (Å²) in [5.41, 5.74) is 0. The third-order valence-electron chi connectivity index (χ3n) is 1.88. The minimum absolute atomic E-state index is 0.0547. The molecule has 2 N–H and O–H groups in total. The standard InChI is InChI=1S/C9H19N3O2S/c1-6(2)8(9(14)10-3)11-7(13)5-12(4)15/h6,8,15H,5H2,1-4H3,(H,10,14)(H,11,13). The van der Waals surface area contributed by atoms with Crippen molar-refractivity contribution in [3.05, 3.63) is 0 Å². The van der Waals surface area contributed by atoms with Crippen LogP contribution >= 0.6 is 12.8 Å². The first kappa shape index (κ1) is 14.2. The lowest BCUT2D eigenvalue weighted by molar-refractivity contribution is -0.129. The van der Waals surface area contributed by atoms with Gasteiger partial charge in [-0.3, -0.25) is 9.59 Å². The van der Waals surface area contributed by atoms with Gasteiger partial charge in [-0.15, -0.1) is 0 Å². The van der Waals surface area contributed by atoms with E-state index in [1.165, 1.54) is 4.31 Å². The molecule has 0 radical (unpaired) electrons. The quantitative estimate of drug-likeness (QED) is 0.569. The van der Waals surface area contributed by atoms with Crippen LogP contribution in [0.3, 0.4) is 0 Å². The minimum Gasteiger partial charge on any atom is -0.357 e. The molecular formula is C9H19N3O2S. The van der Waals surface area contributed by atoms with E-state index in [1.807, 2.05) is 13.8 Å². The highest BCUT2D eigenvalue weighted by atomic mass is 32.1. The van der Waals surface area contributed by atoms with Gasteiger partial charge < -0.3 is 10.6 Å². The summed E-state index contributed by atoms with van der Waals surface area (Å²) >= 11 is 3.96. The Kier molecular flexibility index (Phi) is 6.35. The zero-order valence-corrected chi connectivity index (χ0v) is 10.5. The van der Waals surface area contributed by atoms with E-state index in [9.17, 15) is 9.59 Å². The Balaban J connectivity index is 4.29. The van der Waals surface area contributed by atoms with Gasteiger partial charge in [0.05, 0.1) is 6.54 Å². The molecule has 0 aliphatic heterocycles. The summed E-state index contributed by atoms with van der Waals surface area (Å²) in [6.45, 7) is 3.92. The van der Waals surface area contributed by atoms with Crippen molar-refractivity contribution in [3.63, 3.8) is 0 Å². The summed E-state index contributed by atoms with van der Waals surface area (Å²) in [5, 5.41) is 5.18. The number of hydrogen-bond donors (Lipinski definition) is 3. The van der Waals surface area contributed by atoms with Gasteiger partial charge in [-0.05, 0) is 13.0 Å². The first-order valence-corrected chi connectivity index (χ1v) is 5.19. The van der Waals surface area contributed by atoms with Crippen molar-refractivity contribution in [2.24, 2.45) is 5.92 Å². The van der Waals surface area contributed by atoms with E-state index in [2.05, 4.69) is 23.4 Å². The molecule has 0 saturated carbocycles. The molecule has 0 aliphatic rings. The second-order valence-electron chi connectivity index (χ2n) is 3.72. The number of nitrogens with one attached hydrogen (secondary N) is 2. The van der Waals surface area contributed by atoms with Crippen molar-refractivity contribution in [1.82, 2.24) is 14.9 Å². The molecule has 0 aromatic carbocycles. The van der Waals surface area contributed by atoms with Crippen LogP contribution in [-0.2, 0) is 9.59 Å². The van der Waals surface area contributed by atoms with E-state index in [4.69, 9.17) is 0 Å². The molecular weight excluding hydrogens is 214 g/mol. The fourth-order valence-electron chi connectivity index (χ4n) is 1.12. The number of carbonyl (C=O) groups excluding carboxylic acids is 2. The van der Waals surface area contributed by atoms with Crippen LogP contribution < -0.4 is 10.6 Å². The molecule has 0 bridgehead atoms. The maximum absolute atomic E-state index is 11.4. The summed E-state index contributed by atoms with van der Waals surface area (Å²) in [5.74, 6) is -0.339. The SMILES string of the molecule is CNC(=O)C(NC(=O)CN(C)S)C(C)C.